The van der Waals surface area contributed by atoms with Crippen molar-refractivity contribution in [3.8, 4) is 0 Å². The Morgan fingerprint density at radius 3 is 2.56 bits per heavy atom. The lowest BCUT2D eigenvalue weighted by molar-refractivity contribution is 0.435. The van der Waals surface area contributed by atoms with Crippen LogP contribution in [0.2, 0.25) is 0 Å². The molecule has 0 aromatic carbocycles. The summed E-state index contributed by atoms with van der Waals surface area (Å²) in [4.78, 5) is 4.54. The van der Waals surface area contributed by atoms with Crippen LogP contribution in [0.4, 0.5) is 0 Å². The minimum atomic E-state index is 0.384. The molecule has 1 rings (SSSR count). The van der Waals surface area contributed by atoms with Crippen LogP contribution < -0.4 is 5.32 Å². The van der Waals surface area contributed by atoms with Gasteiger partial charge in [0, 0.05) is 17.1 Å². The van der Waals surface area contributed by atoms with Gasteiger partial charge in [0.25, 0.3) is 0 Å². The van der Waals surface area contributed by atoms with Crippen LogP contribution in [-0.4, -0.2) is 11.0 Å². The first-order valence-corrected chi connectivity index (χ1v) is 8.19. The highest BCUT2D eigenvalue weighted by atomic mass is 32.1. The Balaban J connectivity index is 2.17. The second-order valence-corrected chi connectivity index (χ2v) is 6.21. The third-order valence-corrected chi connectivity index (χ3v) is 4.43. The summed E-state index contributed by atoms with van der Waals surface area (Å²) in [6.45, 7) is 8.83. The average molecular weight is 268 g/mol. The summed E-state index contributed by atoms with van der Waals surface area (Å²) in [6, 6.07) is 0.972. The van der Waals surface area contributed by atoms with E-state index in [1.54, 1.807) is 11.3 Å². The molecule has 1 aromatic heterocycles. The molecule has 2 atom stereocenters. The molecule has 0 aliphatic rings. The summed E-state index contributed by atoms with van der Waals surface area (Å²) in [5.41, 5.74) is 1.14. The van der Waals surface area contributed by atoms with Gasteiger partial charge < -0.3 is 5.32 Å². The number of thiazole rings is 1. The van der Waals surface area contributed by atoms with E-state index in [0.717, 1.165) is 5.69 Å². The lowest BCUT2D eigenvalue weighted by Gasteiger charge is -2.18. The number of unbranched alkanes of at least 4 members (excludes halogenated alkanes) is 4. The second kappa shape index (κ2) is 8.65. The third-order valence-electron chi connectivity index (χ3n) is 3.28. The minimum Gasteiger partial charge on any atom is -0.306 e. The molecule has 0 radical (unpaired) electrons. The minimum absolute atomic E-state index is 0.384. The van der Waals surface area contributed by atoms with Crippen LogP contribution in [0.15, 0.2) is 5.38 Å². The van der Waals surface area contributed by atoms with Crippen molar-refractivity contribution in [3.63, 3.8) is 0 Å². The summed E-state index contributed by atoms with van der Waals surface area (Å²) in [5, 5.41) is 6.99. The molecule has 104 valence electrons. The third kappa shape index (κ3) is 5.96. The molecule has 18 heavy (non-hydrogen) atoms. The van der Waals surface area contributed by atoms with E-state index in [2.05, 4.69) is 43.4 Å². The zero-order valence-electron chi connectivity index (χ0n) is 12.3. The van der Waals surface area contributed by atoms with Crippen LogP contribution in [0.3, 0.4) is 0 Å². The van der Waals surface area contributed by atoms with Crippen molar-refractivity contribution >= 4 is 11.3 Å². The Morgan fingerprint density at radius 2 is 1.94 bits per heavy atom. The Bertz CT molecular complexity index is 322. The van der Waals surface area contributed by atoms with Gasteiger partial charge in [0.1, 0.15) is 5.01 Å². The number of nitrogens with zero attached hydrogens (tertiary/aromatic N) is 1. The van der Waals surface area contributed by atoms with E-state index in [-0.39, 0.29) is 0 Å². The molecule has 3 heteroatoms. The van der Waals surface area contributed by atoms with Crippen LogP contribution in [0, 0.1) is 6.92 Å². The van der Waals surface area contributed by atoms with Crippen molar-refractivity contribution in [2.75, 3.05) is 0 Å². The van der Waals surface area contributed by atoms with Crippen molar-refractivity contribution in [2.45, 2.75) is 78.3 Å². The lowest BCUT2D eigenvalue weighted by atomic mass is 10.1. The second-order valence-electron chi connectivity index (χ2n) is 5.32. The van der Waals surface area contributed by atoms with Gasteiger partial charge in [-0.15, -0.1) is 11.3 Å². The Labute approximate surface area is 116 Å². The largest absolute Gasteiger partial charge is 0.306 e. The van der Waals surface area contributed by atoms with E-state index in [9.17, 15) is 0 Å². The predicted octanol–water partition coefficient (Wildman–Crippen LogP) is 4.85. The smallest absolute Gasteiger partial charge is 0.110 e. The molecule has 0 saturated carbocycles. The standard InChI is InChI=1S/C15H28N2S/c1-5-6-7-8-9-10-12(2)16-14(4)15-17-13(3)11-18-15/h11-12,14,16H,5-10H2,1-4H3. The first-order chi connectivity index (χ1) is 8.63. The van der Waals surface area contributed by atoms with Crippen LogP contribution in [0.1, 0.15) is 76.0 Å². The Morgan fingerprint density at radius 1 is 1.22 bits per heavy atom. The van der Waals surface area contributed by atoms with Crippen molar-refractivity contribution in [1.29, 1.82) is 0 Å². The van der Waals surface area contributed by atoms with Gasteiger partial charge in [0.2, 0.25) is 0 Å². The molecule has 0 fully saturated rings. The van der Waals surface area contributed by atoms with Crippen molar-refractivity contribution < 1.29 is 0 Å². The van der Waals surface area contributed by atoms with E-state index in [1.807, 2.05) is 0 Å². The first-order valence-electron chi connectivity index (χ1n) is 7.31. The zero-order valence-corrected chi connectivity index (χ0v) is 13.1. The fraction of sp³-hybridized carbons (Fsp3) is 0.800. The molecule has 1 N–H and O–H groups in total. The highest BCUT2D eigenvalue weighted by molar-refractivity contribution is 7.09. The molecule has 0 aliphatic carbocycles. The van der Waals surface area contributed by atoms with Gasteiger partial charge in [-0.3, -0.25) is 0 Å². The number of aryl methyl sites for hydroxylation is 1. The topological polar surface area (TPSA) is 24.9 Å². The van der Waals surface area contributed by atoms with E-state index in [1.165, 1.54) is 43.5 Å². The lowest BCUT2D eigenvalue weighted by Crippen LogP contribution is -2.28. The summed E-state index contributed by atoms with van der Waals surface area (Å²) in [6.07, 6.45) is 8.11. The predicted molar refractivity (Wildman–Crippen MR) is 81.2 cm³/mol. The molecule has 1 heterocycles. The van der Waals surface area contributed by atoms with Gasteiger partial charge in [0.05, 0.1) is 6.04 Å². The molecular formula is C15H28N2S. The van der Waals surface area contributed by atoms with Gasteiger partial charge in [-0.2, -0.15) is 0 Å². The van der Waals surface area contributed by atoms with E-state index >= 15 is 0 Å². The molecule has 0 saturated heterocycles. The summed E-state index contributed by atoms with van der Waals surface area (Å²) in [5.74, 6) is 0. The highest BCUT2D eigenvalue weighted by Crippen LogP contribution is 2.18. The molecule has 2 nitrogen and oxygen atoms in total. The average Bonchev–Trinajstić information content (AvgIpc) is 2.75. The number of rotatable bonds is 9. The molecule has 0 spiro atoms. The first kappa shape index (κ1) is 15.6. The number of nitrogens with one attached hydrogen (secondary N) is 1. The molecule has 0 aliphatic heterocycles. The normalized spacial score (nSPS) is 14.7. The fourth-order valence-electron chi connectivity index (χ4n) is 2.21. The van der Waals surface area contributed by atoms with Gasteiger partial charge in [-0.05, 0) is 27.2 Å². The van der Waals surface area contributed by atoms with Crippen LogP contribution >= 0.6 is 11.3 Å². The van der Waals surface area contributed by atoms with Crippen molar-refractivity contribution in [2.24, 2.45) is 0 Å². The van der Waals surface area contributed by atoms with Gasteiger partial charge in [-0.25, -0.2) is 4.98 Å². The van der Waals surface area contributed by atoms with Crippen LogP contribution in [0.5, 0.6) is 0 Å². The SMILES string of the molecule is CCCCCCCC(C)NC(C)c1nc(C)cs1. The zero-order chi connectivity index (χ0) is 13.4. The highest BCUT2D eigenvalue weighted by Gasteiger charge is 2.11. The molecule has 0 bridgehead atoms. The maximum Gasteiger partial charge on any atom is 0.110 e. The Kier molecular flexibility index (Phi) is 7.52. The Hall–Kier alpha value is -0.410. The summed E-state index contributed by atoms with van der Waals surface area (Å²) < 4.78 is 0. The van der Waals surface area contributed by atoms with Crippen LogP contribution in [0.25, 0.3) is 0 Å². The molecule has 0 amide bonds. The number of hydrogen-bond donors (Lipinski definition) is 1. The summed E-state index contributed by atoms with van der Waals surface area (Å²) in [7, 11) is 0. The monoisotopic (exact) mass is 268 g/mol. The quantitative estimate of drug-likeness (QED) is 0.647. The van der Waals surface area contributed by atoms with Crippen molar-refractivity contribution in [3.05, 3.63) is 16.1 Å². The molecule has 1 aromatic rings. The van der Waals surface area contributed by atoms with E-state index in [4.69, 9.17) is 0 Å². The van der Waals surface area contributed by atoms with Gasteiger partial charge in [-0.1, -0.05) is 39.0 Å². The molecule has 2 unspecified atom stereocenters. The maximum atomic E-state index is 4.54. The number of aromatic nitrogens is 1. The fourth-order valence-corrected chi connectivity index (χ4v) is 3.02. The van der Waals surface area contributed by atoms with E-state index < -0.39 is 0 Å². The van der Waals surface area contributed by atoms with Crippen molar-refractivity contribution in [1.82, 2.24) is 10.3 Å². The van der Waals surface area contributed by atoms with Gasteiger partial charge in [0.15, 0.2) is 0 Å². The van der Waals surface area contributed by atoms with Gasteiger partial charge >= 0.3 is 0 Å². The molecular weight excluding hydrogens is 240 g/mol. The summed E-state index contributed by atoms with van der Waals surface area (Å²) >= 11 is 1.76. The van der Waals surface area contributed by atoms with Crippen LogP contribution in [-0.2, 0) is 0 Å². The maximum absolute atomic E-state index is 4.54. The van der Waals surface area contributed by atoms with E-state index in [0.29, 0.717) is 12.1 Å². The number of hydrogen-bond acceptors (Lipinski definition) is 3.